The lowest BCUT2D eigenvalue weighted by atomic mass is 10.0. The highest BCUT2D eigenvalue weighted by Crippen LogP contribution is 2.25. The minimum atomic E-state index is -0.624. The molecule has 2 saturated heterocycles. The van der Waals surface area contributed by atoms with Crippen molar-refractivity contribution in [3.63, 3.8) is 0 Å². The summed E-state index contributed by atoms with van der Waals surface area (Å²) in [5.74, 6) is 0.0987. The Kier molecular flexibility index (Phi) is 4.35. The van der Waals surface area contributed by atoms with Crippen molar-refractivity contribution in [2.75, 3.05) is 13.2 Å². The Morgan fingerprint density at radius 2 is 1.94 bits per heavy atom. The van der Waals surface area contributed by atoms with Crippen LogP contribution in [-0.4, -0.2) is 54.3 Å². The Labute approximate surface area is 101 Å². The summed E-state index contributed by atoms with van der Waals surface area (Å²) in [6.45, 7) is 2.50. The molecule has 0 bridgehead atoms. The van der Waals surface area contributed by atoms with Crippen LogP contribution < -0.4 is 5.73 Å². The minimum Gasteiger partial charge on any atom is -0.391 e. The third kappa shape index (κ3) is 3.37. The highest BCUT2D eigenvalue weighted by atomic mass is 16.7. The molecule has 2 fully saturated rings. The van der Waals surface area contributed by atoms with E-state index in [9.17, 15) is 10.2 Å². The van der Waals surface area contributed by atoms with E-state index in [0.29, 0.717) is 12.8 Å². The fraction of sp³-hybridized carbons (Fsp3) is 1.00. The van der Waals surface area contributed by atoms with Gasteiger partial charge < -0.3 is 30.2 Å². The van der Waals surface area contributed by atoms with E-state index in [1.807, 2.05) is 6.92 Å². The fourth-order valence-corrected chi connectivity index (χ4v) is 2.24. The quantitative estimate of drug-likeness (QED) is 0.590. The maximum atomic E-state index is 9.82. The van der Waals surface area contributed by atoms with E-state index in [-0.39, 0.29) is 19.1 Å². The normalized spacial score (nSPS) is 48.0. The predicted octanol–water partition coefficient (Wildman–Crippen LogP) is -0.819. The van der Waals surface area contributed by atoms with E-state index in [4.69, 9.17) is 19.9 Å². The number of aliphatic hydroxyl groups excluding tert-OH is 2. The van der Waals surface area contributed by atoms with Crippen LogP contribution in [0.5, 0.6) is 0 Å². The molecule has 2 aliphatic rings. The monoisotopic (exact) mass is 247 g/mol. The maximum absolute atomic E-state index is 9.82. The summed E-state index contributed by atoms with van der Waals surface area (Å²) < 4.78 is 16.3. The molecule has 4 N–H and O–H groups in total. The number of ether oxygens (including phenoxy) is 3. The zero-order valence-electron chi connectivity index (χ0n) is 9.99. The van der Waals surface area contributed by atoms with Crippen LogP contribution in [0.4, 0.5) is 0 Å². The molecule has 2 aliphatic heterocycles. The predicted molar refractivity (Wildman–Crippen MR) is 59.0 cm³/mol. The highest BCUT2D eigenvalue weighted by Gasteiger charge is 2.35. The first-order valence-corrected chi connectivity index (χ1v) is 6.06. The molecule has 0 aromatic carbocycles. The van der Waals surface area contributed by atoms with E-state index in [2.05, 4.69) is 0 Å². The van der Waals surface area contributed by atoms with Crippen molar-refractivity contribution in [3.05, 3.63) is 0 Å². The van der Waals surface area contributed by atoms with Crippen molar-refractivity contribution >= 4 is 0 Å². The summed E-state index contributed by atoms with van der Waals surface area (Å²) in [7, 11) is 0. The average molecular weight is 247 g/mol. The Hall–Kier alpha value is -0.240. The van der Waals surface area contributed by atoms with Gasteiger partial charge in [-0.25, -0.2) is 0 Å². The molecule has 0 spiro atoms. The number of hydrogen-bond acceptors (Lipinski definition) is 6. The van der Waals surface area contributed by atoms with Crippen molar-refractivity contribution in [1.82, 2.24) is 0 Å². The zero-order chi connectivity index (χ0) is 12.4. The third-order valence-electron chi connectivity index (χ3n) is 3.25. The number of rotatable bonds is 2. The van der Waals surface area contributed by atoms with Crippen molar-refractivity contribution in [3.8, 4) is 0 Å². The van der Waals surface area contributed by atoms with Crippen LogP contribution >= 0.6 is 0 Å². The smallest absolute Gasteiger partial charge is 0.160 e. The van der Waals surface area contributed by atoms with Crippen LogP contribution in [0.2, 0.25) is 0 Å². The van der Waals surface area contributed by atoms with Gasteiger partial charge in [-0.3, -0.25) is 0 Å². The third-order valence-corrected chi connectivity index (χ3v) is 3.25. The summed E-state index contributed by atoms with van der Waals surface area (Å²) >= 11 is 0. The van der Waals surface area contributed by atoms with Gasteiger partial charge in [0.2, 0.25) is 0 Å². The lowest BCUT2D eigenvalue weighted by Crippen LogP contribution is -2.49. The molecular weight excluding hydrogens is 226 g/mol. The van der Waals surface area contributed by atoms with Gasteiger partial charge in [-0.1, -0.05) is 6.92 Å². The summed E-state index contributed by atoms with van der Waals surface area (Å²) in [6, 6.07) is 0. The average Bonchev–Trinajstić information content (AvgIpc) is 2.25. The van der Waals surface area contributed by atoms with Gasteiger partial charge in [-0.15, -0.1) is 0 Å². The molecule has 0 aromatic heterocycles. The van der Waals surface area contributed by atoms with Crippen molar-refractivity contribution in [2.45, 2.75) is 50.6 Å². The number of aliphatic hydroxyl groups is 2. The highest BCUT2D eigenvalue weighted by molar-refractivity contribution is 4.79. The molecule has 0 amide bonds. The number of nitrogens with two attached hydrogens (primary N) is 1. The minimum absolute atomic E-state index is 0.0987. The molecule has 6 heteroatoms. The molecule has 6 atom stereocenters. The van der Waals surface area contributed by atoms with Gasteiger partial charge in [0.05, 0.1) is 25.4 Å². The van der Waals surface area contributed by atoms with Gasteiger partial charge in [0.15, 0.2) is 6.29 Å². The molecule has 17 heavy (non-hydrogen) atoms. The second-order valence-corrected chi connectivity index (χ2v) is 4.92. The fourth-order valence-electron chi connectivity index (χ4n) is 2.24. The van der Waals surface area contributed by atoms with Crippen LogP contribution in [-0.2, 0) is 14.2 Å². The molecule has 2 rings (SSSR count). The molecule has 6 nitrogen and oxygen atoms in total. The van der Waals surface area contributed by atoms with E-state index in [1.54, 1.807) is 0 Å². The van der Waals surface area contributed by atoms with Gasteiger partial charge in [0, 0.05) is 12.3 Å². The summed E-state index contributed by atoms with van der Waals surface area (Å²) in [4.78, 5) is 0. The van der Waals surface area contributed by atoms with Crippen LogP contribution in [0, 0.1) is 5.92 Å². The molecule has 0 aliphatic carbocycles. The second-order valence-electron chi connectivity index (χ2n) is 4.92. The lowest BCUT2D eigenvalue weighted by molar-refractivity contribution is -0.264. The lowest BCUT2D eigenvalue weighted by Gasteiger charge is -2.38. The van der Waals surface area contributed by atoms with Crippen molar-refractivity contribution in [2.24, 2.45) is 11.7 Å². The second kappa shape index (κ2) is 5.60. The SMILES string of the molecule is CC1C[C@H](O)CO[C@H]1OC1COC(N)C[C@H]1O. The van der Waals surface area contributed by atoms with Crippen molar-refractivity contribution in [1.29, 1.82) is 0 Å². The van der Waals surface area contributed by atoms with E-state index in [1.165, 1.54) is 0 Å². The molecule has 0 saturated carbocycles. The summed E-state index contributed by atoms with van der Waals surface area (Å²) in [6.07, 6.45) is -1.25. The van der Waals surface area contributed by atoms with Gasteiger partial charge in [0.1, 0.15) is 12.3 Å². The van der Waals surface area contributed by atoms with E-state index in [0.717, 1.165) is 0 Å². The summed E-state index contributed by atoms with van der Waals surface area (Å²) in [5, 5.41) is 19.2. The Balaban J connectivity index is 1.84. The molecule has 3 unspecified atom stereocenters. The van der Waals surface area contributed by atoms with Gasteiger partial charge in [-0.2, -0.15) is 0 Å². The summed E-state index contributed by atoms with van der Waals surface area (Å²) in [5.41, 5.74) is 5.56. The van der Waals surface area contributed by atoms with Crippen LogP contribution in [0.25, 0.3) is 0 Å². The molecule has 0 radical (unpaired) electrons. The van der Waals surface area contributed by atoms with Crippen LogP contribution in [0.1, 0.15) is 19.8 Å². The van der Waals surface area contributed by atoms with Gasteiger partial charge in [-0.05, 0) is 6.42 Å². The Morgan fingerprint density at radius 3 is 2.59 bits per heavy atom. The van der Waals surface area contributed by atoms with E-state index < -0.39 is 30.8 Å². The first-order valence-electron chi connectivity index (χ1n) is 6.06. The van der Waals surface area contributed by atoms with Crippen molar-refractivity contribution < 1.29 is 24.4 Å². The molecule has 100 valence electrons. The molecule has 0 aromatic rings. The van der Waals surface area contributed by atoms with Crippen LogP contribution in [0.3, 0.4) is 0 Å². The maximum Gasteiger partial charge on any atom is 0.160 e. The van der Waals surface area contributed by atoms with E-state index >= 15 is 0 Å². The Bertz CT molecular complexity index is 228. The molecular formula is C11H21NO5. The van der Waals surface area contributed by atoms with Gasteiger partial charge in [0.25, 0.3) is 0 Å². The first kappa shape index (κ1) is 13.2. The van der Waals surface area contributed by atoms with Gasteiger partial charge >= 0.3 is 0 Å². The van der Waals surface area contributed by atoms with Crippen LogP contribution in [0.15, 0.2) is 0 Å². The number of hydrogen-bond donors (Lipinski definition) is 3. The zero-order valence-corrected chi connectivity index (χ0v) is 9.99. The first-order chi connectivity index (χ1) is 8.06. The standard InChI is InChI=1S/C11H21NO5/c1-6-2-7(13)4-16-11(6)17-9-5-15-10(12)3-8(9)14/h6-11,13-14H,2-5,12H2,1H3/t6?,7-,8+,9?,10?,11-/m0/s1. The topological polar surface area (TPSA) is 94.2 Å². The largest absolute Gasteiger partial charge is 0.391 e. The Morgan fingerprint density at radius 1 is 1.18 bits per heavy atom. The molecule has 2 heterocycles.